The van der Waals surface area contributed by atoms with E-state index in [9.17, 15) is 34.5 Å². The first-order valence-corrected chi connectivity index (χ1v) is 12.5. The van der Waals surface area contributed by atoms with Gasteiger partial charge in [-0.1, -0.05) is 43.2 Å². The highest BCUT2D eigenvalue weighted by Crippen LogP contribution is 2.42. The molecule has 1 aromatic rings. The Bertz CT molecular complexity index is 847. The maximum Gasteiger partial charge on any atom is 0.316 e. The van der Waals surface area contributed by atoms with E-state index in [1.165, 1.54) is 4.90 Å². The monoisotopic (exact) mass is 523 g/mol. The molecular formula is C26H37NO10-2. The summed E-state index contributed by atoms with van der Waals surface area (Å²) in [5, 5.41) is 38.9. The second-order valence-electron chi connectivity index (χ2n) is 9.03. The van der Waals surface area contributed by atoms with Gasteiger partial charge in [-0.15, -0.1) is 0 Å². The molecular weight excluding hydrogens is 486 g/mol. The number of carbonyl (C=O) groups is 4. The van der Waals surface area contributed by atoms with Crippen LogP contribution in [0, 0.1) is 0 Å². The third-order valence-electron chi connectivity index (χ3n) is 6.49. The molecule has 2 N–H and O–H groups in total. The van der Waals surface area contributed by atoms with Crippen molar-refractivity contribution < 1.29 is 54.0 Å². The average Bonchev–Trinajstić information content (AvgIpc) is 3.35. The van der Waals surface area contributed by atoms with Crippen molar-refractivity contribution >= 4 is 23.9 Å². The number of likely N-dealkylation sites (N-methyl/N-ethyl adjacent to an activating group) is 1. The molecule has 0 saturated heterocycles. The van der Waals surface area contributed by atoms with E-state index >= 15 is 0 Å². The lowest BCUT2D eigenvalue weighted by Gasteiger charge is -2.29. The quantitative estimate of drug-likeness (QED) is 0.175. The van der Waals surface area contributed by atoms with E-state index in [-0.39, 0.29) is 5.97 Å². The Labute approximate surface area is 217 Å². The molecule has 0 radical (unpaired) electrons. The lowest BCUT2D eigenvalue weighted by atomic mass is 9.79. The average molecular weight is 524 g/mol. The molecule has 0 amide bonds. The van der Waals surface area contributed by atoms with Gasteiger partial charge in [0.25, 0.3) is 0 Å². The predicted octanol–water partition coefficient (Wildman–Crippen LogP) is -3.27. The number of benzene rings is 1. The minimum Gasteiger partial charge on any atom is -0.550 e. The number of aliphatic carboxylic acids is 3. The number of carboxylic acid groups (broad SMARTS) is 3. The molecule has 11 heteroatoms. The van der Waals surface area contributed by atoms with E-state index in [0.29, 0.717) is 13.2 Å². The number of esters is 1. The Morgan fingerprint density at radius 1 is 0.919 bits per heavy atom. The first kappa shape index (κ1) is 32.0. The van der Waals surface area contributed by atoms with E-state index < -0.39 is 41.8 Å². The standard InChI is InChI=1S/C20H31NO3.C6H8O7/c1-3-21(4-2)14-15-23-16-17-24-19(22)20(12-8-9-13-20)18-10-6-5-7-11-18;7-3(8)1-6(13,5(11)12)2-4(9)10/h5-7,10-11H,3-4,8-9,12-17H2,1-2H3;13H,1-2H2,(H,7,8)(H,9,10)(H,11,12)/p-2. The minimum atomic E-state index is -2.97. The van der Waals surface area contributed by atoms with Crippen LogP contribution in [0.5, 0.6) is 0 Å². The van der Waals surface area contributed by atoms with Crippen molar-refractivity contribution in [2.45, 2.75) is 63.4 Å². The van der Waals surface area contributed by atoms with E-state index in [1.54, 1.807) is 0 Å². The summed E-state index contributed by atoms with van der Waals surface area (Å²) in [7, 11) is 0. The van der Waals surface area contributed by atoms with Crippen molar-refractivity contribution in [3.8, 4) is 0 Å². The van der Waals surface area contributed by atoms with Crippen LogP contribution in [0.1, 0.15) is 57.9 Å². The molecule has 11 nitrogen and oxygen atoms in total. The van der Waals surface area contributed by atoms with Crippen LogP contribution in [0.4, 0.5) is 0 Å². The van der Waals surface area contributed by atoms with Gasteiger partial charge >= 0.3 is 5.97 Å². The Kier molecular flexibility index (Phi) is 13.8. The van der Waals surface area contributed by atoms with Crippen LogP contribution in [-0.2, 0) is 34.1 Å². The Morgan fingerprint density at radius 2 is 1.46 bits per heavy atom. The van der Waals surface area contributed by atoms with Gasteiger partial charge in [0.2, 0.25) is 0 Å². The van der Waals surface area contributed by atoms with Gasteiger partial charge in [-0.2, -0.15) is 0 Å². The Balaban J connectivity index is 0.000000448. The molecule has 0 spiro atoms. The fraction of sp³-hybridized carbons (Fsp3) is 0.615. The van der Waals surface area contributed by atoms with Gasteiger partial charge in [0.15, 0.2) is 0 Å². The number of carboxylic acids is 3. The zero-order valence-corrected chi connectivity index (χ0v) is 21.5. The zero-order chi connectivity index (χ0) is 27.9. The second-order valence-corrected chi connectivity index (χ2v) is 9.03. The number of rotatable bonds is 15. The van der Waals surface area contributed by atoms with Crippen molar-refractivity contribution in [3.05, 3.63) is 35.9 Å². The molecule has 0 aromatic heterocycles. The molecule has 1 saturated carbocycles. The molecule has 0 unspecified atom stereocenters. The van der Waals surface area contributed by atoms with Gasteiger partial charge < -0.3 is 49.2 Å². The summed E-state index contributed by atoms with van der Waals surface area (Å²) < 4.78 is 11.2. The highest BCUT2D eigenvalue weighted by atomic mass is 16.6. The highest BCUT2D eigenvalue weighted by Gasteiger charge is 2.44. The van der Waals surface area contributed by atoms with Crippen LogP contribution in [0.25, 0.3) is 0 Å². The zero-order valence-electron chi connectivity index (χ0n) is 21.5. The molecule has 1 aliphatic rings. The number of quaternary nitrogens is 1. The first-order chi connectivity index (χ1) is 17.5. The molecule has 208 valence electrons. The lowest BCUT2D eigenvalue weighted by Crippen LogP contribution is -3.11. The van der Waals surface area contributed by atoms with Crippen LogP contribution < -0.4 is 20.2 Å². The van der Waals surface area contributed by atoms with Crippen molar-refractivity contribution in [1.82, 2.24) is 0 Å². The minimum absolute atomic E-state index is 0.0795. The van der Waals surface area contributed by atoms with E-state index in [4.69, 9.17) is 14.6 Å². The van der Waals surface area contributed by atoms with Gasteiger partial charge in [-0.3, -0.25) is 4.79 Å². The predicted molar refractivity (Wildman–Crippen MR) is 124 cm³/mol. The van der Waals surface area contributed by atoms with Gasteiger partial charge in [0.1, 0.15) is 18.8 Å². The van der Waals surface area contributed by atoms with Gasteiger partial charge in [0, 0.05) is 24.8 Å². The van der Waals surface area contributed by atoms with Crippen LogP contribution in [0.3, 0.4) is 0 Å². The molecule has 0 atom stereocenters. The summed E-state index contributed by atoms with van der Waals surface area (Å²) in [5.41, 5.74) is -2.32. The third kappa shape index (κ3) is 10.5. The van der Waals surface area contributed by atoms with Crippen molar-refractivity contribution in [3.63, 3.8) is 0 Å². The van der Waals surface area contributed by atoms with Crippen LogP contribution >= 0.6 is 0 Å². The summed E-state index contributed by atoms with van der Waals surface area (Å²) in [4.78, 5) is 44.2. The summed E-state index contributed by atoms with van der Waals surface area (Å²) >= 11 is 0. The van der Waals surface area contributed by atoms with E-state index in [2.05, 4.69) is 26.0 Å². The molecule has 0 aliphatic heterocycles. The summed E-state index contributed by atoms with van der Waals surface area (Å²) in [6.45, 7) is 9.17. The van der Waals surface area contributed by atoms with Crippen molar-refractivity contribution in [2.75, 3.05) is 39.5 Å². The second kappa shape index (κ2) is 16.0. The molecule has 0 heterocycles. The summed E-state index contributed by atoms with van der Waals surface area (Å²) in [5.74, 6) is -6.06. The van der Waals surface area contributed by atoms with Crippen LogP contribution in [0.15, 0.2) is 30.3 Å². The highest BCUT2D eigenvalue weighted by molar-refractivity contribution is 5.86. The molecule has 1 aliphatic carbocycles. The Morgan fingerprint density at radius 3 is 1.92 bits per heavy atom. The number of ether oxygens (including phenoxy) is 2. The Hall–Kier alpha value is -3.02. The number of hydrogen-bond acceptors (Lipinski definition) is 10. The summed E-state index contributed by atoms with van der Waals surface area (Å²) in [6, 6.07) is 10.1. The lowest BCUT2D eigenvalue weighted by molar-refractivity contribution is -0.896. The number of carbonyl (C=O) groups excluding carboxylic acids is 4. The molecule has 0 bridgehead atoms. The third-order valence-corrected chi connectivity index (χ3v) is 6.49. The SMILES string of the molecule is CC[NH+](CC)CCOCCOC(=O)C1(c2ccccc2)CCCC1.O=C([O-])CC(O)(CC(=O)[O-])C(=O)[O-]. The molecule has 2 rings (SSSR count). The van der Waals surface area contributed by atoms with Crippen molar-refractivity contribution in [2.24, 2.45) is 0 Å². The molecule has 1 aromatic carbocycles. The fourth-order valence-corrected chi connectivity index (χ4v) is 4.28. The van der Waals surface area contributed by atoms with Gasteiger partial charge in [-0.25, -0.2) is 0 Å². The smallest absolute Gasteiger partial charge is 0.316 e. The first-order valence-electron chi connectivity index (χ1n) is 12.5. The number of hydrogen-bond donors (Lipinski definition) is 2. The summed E-state index contributed by atoms with van der Waals surface area (Å²) in [6.07, 6.45) is 1.25. The van der Waals surface area contributed by atoms with Gasteiger partial charge in [-0.05, 0) is 32.3 Å². The molecule has 1 fully saturated rings. The normalized spacial score (nSPS) is 14.5. The molecule has 37 heavy (non-hydrogen) atoms. The van der Waals surface area contributed by atoms with E-state index in [1.807, 2.05) is 18.2 Å². The van der Waals surface area contributed by atoms with Gasteiger partial charge in [0.05, 0.1) is 37.7 Å². The van der Waals surface area contributed by atoms with Crippen LogP contribution in [0.2, 0.25) is 0 Å². The van der Waals surface area contributed by atoms with Crippen molar-refractivity contribution in [1.29, 1.82) is 0 Å². The fourth-order valence-electron chi connectivity index (χ4n) is 4.28. The maximum absolute atomic E-state index is 12.7. The van der Waals surface area contributed by atoms with E-state index in [0.717, 1.165) is 57.5 Å². The van der Waals surface area contributed by atoms with Crippen LogP contribution in [-0.4, -0.2) is 74.0 Å². The topological polar surface area (TPSA) is 181 Å². The number of nitrogens with one attached hydrogen (secondary N) is 1. The maximum atomic E-state index is 12.7. The largest absolute Gasteiger partial charge is 0.550 e. The number of aliphatic hydroxyl groups is 1.